The molecule has 1 rings (SSSR count). The fraction of sp³-hybridized carbons (Fsp3) is 0.417. The Morgan fingerprint density at radius 2 is 2.25 bits per heavy atom. The van der Waals surface area contributed by atoms with Gasteiger partial charge in [0.1, 0.15) is 11.4 Å². The number of hydrogen-bond donors (Lipinski definition) is 1. The van der Waals surface area contributed by atoms with Crippen molar-refractivity contribution in [1.82, 2.24) is 5.32 Å². The molecule has 1 aromatic carbocycles. The molecule has 1 N–H and O–H groups in total. The molecule has 1 atom stereocenters. The Balaban J connectivity index is 2.89. The molecule has 0 heterocycles. The number of carbonyl (C=O) groups excluding carboxylic acids is 1. The first-order valence-electron chi connectivity index (χ1n) is 5.03. The van der Waals surface area contributed by atoms with E-state index in [0.29, 0.717) is 6.42 Å². The third-order valence-corrected chi connectivity index (χ3v) is 2.63. The number of nitrogens with one attached hydrogen (secondary N) is 1. The SMILES string of the molecule is CNC(C)(Cc1cccc(F)c1)C(=O)OC. The summed E-state index contributed by atoms with van der Waals surface area (Å²) in [4.78, 5) is 11.6. The lowest BCUT2D eigenvalue weighted by Crippen LogP contribution is -2.50. The van der Waals surface area contributed by atoms with E-state index < -0.39 is 5.54 Å². The predicted molar refractivity (Wildman–Crippen MR) is 59.6 cm³/mol. The summed E-state index contributed by atoms with van der Waals surface area (Å²) in [5.41, 5.74) is -0.0787. The van der Waals surface area contributed by atoms with Gasteiger partial charge in [-0.05, 0) is 31.7 Å². The summed E-state index contributed by atoms with van der Waals surface area (Å²) in [6.45, 7) is 1.73. The van der Waals surface area contributed by atoms with Crippen molar-refractivity contribution in [2.45, 2.75) is 18.9 Å². The molecule has 16 heavy (non-hydrogen) atoms. The number of benzene rings is 1. The van der Waals surface area contributed by atoms with Crippen LogP contribution in [-0.4, -0.2) is 25.7 Å². The Hall–Kier alpha value is -1.42. The third kappa shape index (κ3) is 2.79. The van der Waals surface area contributed by atoms with Gasteiger partial charge in [0, 0.05) is 6.42 Å². The Morgan fingerprint density at radius 1 is 1.56 bits per heavy atom. The highest BCUT2D eigenvalue weighted by Gasteiger charge is 2.32. The summed E-state index contributed by atoms with van der Waals surface area (Å²) >= 11 is 0. The van der Waals surface area contributed by atoms with Gasteiger partial charge in [0.05, 0.1) is 7.11 Å². The predicted octanol–water partition coefficient (Wildman–Crippen LogP) is 1.52. The van der Waals surface area contributed by atoms with Crippen molar-refractivity contribution < 1.29 is 13.9 Å². The fourth-order valence-corrected chi connectivity index (χ4v) is 1.54. The second kappa shape index (κ2) is 5.07. The van der Waals surface area contributed by atoms with E-state index >= 15 is 0 Å². The number of carbonyl (C=O) groups is 1. The van der Waals surface area contributed by atoms with Crippen molar-refractivity contribution in [3.8, 4) is 0 Å². The number of likely N-dealkylation sites (N-methyl/N-ethyl adjacent to an activating group) is 1. The molecular formula is C12H16FNO2. The van der Waals surface area contributed by atoms with E-state index in [1.165, 1.54) is 19.2 Å². The molecular weight excluding hydrogens is 209 g/mol. The molecule has 0 aliphatic rings. The summed E-state index contributed by atoms with van der Waals surface area (Å²) in [7, 11) is 3.01. The van der Waals surface area contributed by atoms with Crippen molar-refractivity contribution in [2.75, 3.05) is 14.2 Å². The van der Waals surface area contributed by atoms with Crippen LogP contribution in [-0.2, 0) is 16.0 Å². The van der Waals surface area contributed by atoms with Crippen LogP contribution >= 0.6 is 0 Å². The molecule has 0 bridgehead atoms. The molecule has 0 aliphatic carbocycles. The van der Waals surface area contributed by atoms with Gasteiger partial charge in [-0.2, -0.15) is 0 Å². The van der Waals surface area contributed by atoms with E-state index in [1.54, 1.807) is 26.1 Å². The minimum Gasteiger partial charge on any atom is -0.468 e. The fourth-order valence-electron chi connectivity index (χ4n) is 1.54. The zero-order valence-corrected chi connectivity index (χ0v) is 9.71. The summed E-state index contributed by atoms with van der Waals surface area (Å²) in [5.74, 6) is -0.667. The Morgan fingerprint density at radius 3 is 2.75 bits per heavy atom. The van der Waals surface area contributed by atoms with Gasteiger partial charge in [-0.3, -0.25) is 4.79 Å². The minimum atomic E-state index is -0.831. The monoisotopic (exact) mass is 225 g/mol. The van der Waals surface area contributed by atoms with E-state index in [-0.39, 0.29) is 11.8 Å². The van der Waals surface area contributed by atoms with E-state index in [1.807, 2.05) is 0 Å². The molecule has 0 spiro atoms. The van der Waals surface area contributed by atoms with Crippen LogP contribution in [0.2, 0.25) is 0 Å². The maximum atomic E-state index is 13.0. The Bertz CT molecular complexity index is 381. The van der Waals surface area contributed by atoms with Gasteiger partial charge in [0.2, 0.25) is 0 Å². The zero-order chi connectivity index (χ0) is 12.2. The van der Waals surface area contributed by atoms with E-state index in [4.69, 9.17) is 4.74 Å². The number of hydrogen-bond acceptors (Lipinski definition) is 3. The number of ether oxygens (including phenoxy) is 1. The van der Waals surface area contributed by atoms with Gasteiger partial charge in [-0.25, -0.2) is 4.39 Å². The molecule has 4 heteroatoms. The molecule has 0 aliphatic heterocycles. The van der Waals surface area contributed by atoms with Crippen molar-refractivity contribution in [3.63, 3.8) is 0 Å². The largest absolute Gasteiger partial charge is 0.468 e. The summed E-state index contributed by atoms with van der Waals surface area (Å²) in [5, 5.41) is 2.90. The average molecular weight is 225 g/mol. The highest BCUT2D eigenvalue weighted by atomic mass is 19.1. The van der Waals surface area contributed by atoms with Gasteiger partial charge < -0.3 is 10.1 Å². The standard InChI is InChI=1S/C12H16FNO2/c1-12(14-2,11(15)16-3)8-9-5-4-6-10(13)7-9/h4-7,14H,8H2,1-3H3. The van der Waals surface area contributed by atoms with Gasteiger partial charge in [-0.1, -0.05) is 12.1 Å². The second-order valence-corrected chi connectivity index (χ2v) is 3.88. The van der Waals surface area contributed by atoms with Crippen molar-refractivity contribution >= 4 is 5.97 Å². The van der Waals surface area contributed by atoms with E-state index in [2.05, 4.69) is 5.32 Å². The maximum Gasteiger partial charge on any atom is 0.326 e. The molecule has 0 radical (unpaired) electrons. The molecule has 0 amide bonds. The molecule has 0 saturated carbocycles. The first kappa shape index (κ1) is 12.6. The highest BCUT2D eigenvalue weighted by molar-refractivity contribution is 5.80. The topological polar surface area (TPSA) is 38.3 Å². The summed E-state index contributed by atoms with van der Waals surface area (Å²) in [6.07, 6.45) is 0.383. The second-order valence-electron chi connectivity index (χ2n) is 3.88. The van der Waals surface area contributed by atoms with E-state index in [9.17, 15) is 9.18 Å². The van der Waals surface area contributed by atoms with Gasteiger partial charge in [0.25, 0.3) is 0 Å². The summed E-state index contributed by atoms with van der Waals surface area (Å²) < 4.78 is 17.7. The van der Waals surface area contributed by atoms with Gasteiger partial charge in [-0.15, -0.1) is 0 Å². The Kier molecular flexibility index (Phi) is 4.01. The molecule has 0 saturated heterocycles. The number of halogens is 1. The molecule has 3 nitrogen and oxygen atoms in total. The minimum absolute atomic E-state index is 0.305. The van der Waals surface area contributed by atoms with Crippen LogP contribution in [0.25, 0.3) is 0 Å². The van der Waals surface area contributed by atoms with Crippen LogP contribution in [0.3, 0.4) is 0 Å². The first-order valence-corrected chi connectivity index (χ1v) is 5.03. The normalized spacial score (nSPS) is 14.2. The molecule has 0 fully saturated rings. The van der Waals surface area contributed by atoms with Gasteiger partial charge in [0.15, 0.2) is 0 Å². The van der Waals surface area contributed by atoms with Crippen LogP contribution in [0.1, 0.15) is 12.5 Å². The van der Waals surface area contributed by atoms with Crippen LogP contribution in [0.5, 0.6) is 0 Å². The van der Waals surface area contributed by atoms with Crippen LogP contribution in [0, 0.1) is 5.82 Å². The lowest BCUT2D eigenvalue weighted by atomic mass is 9.93. The van der Waals surface area contributed by atoms with Crippen LogP contribution in [0.4, 0.5) is 4.39 Å². The highest BCUT2D eigenvalue weighted by Crippen LogP contribution is 2.15. The quantitative estimate of drug-likeness (QED) is 0.789. The maximum absolute atomic E-state index is 13.0. The summed E-state index contributed by atoms with van der Waals surface area (Å²) in [6, 6.07) is 6.19. The lowest BCUT2D eigenvalue weighted by Gasteiger charge is -2.26. The van der Waals surface area contributed by atoms with Gasteiger partial charge >= 0.3 is 5.97 Å². The first-order chi connectivity index (χ1) is 7.51. The Labute approximate surface area is 94.6 Å². The average Bonchev–Trinajstić information content (AvgIpc) is 2.27. The number of rotatable bonds is 4. The van der Waals surface area contributed by atoms with Crippen molar-refractivity contribution in [2.24, 2.45) is 0 Å². The van der Waals surface area contributed by atoms with Crippen LogP contribution < -0.4 is 5.32 Å². The van der Waals surface area contributed by atoms with Crippen molar-refractivity contribution in [3.05, 3.63) is 35.6 Å². The molecule has 88 valence electrons. The molecule has 1 unspecified atom stereocenters. The lowest BCUT2D eigenvalue weighted by molar-refractivity contribution is -0.147. The molecule has 1 aromatic rings. The van der Waals surface area contributed by atoms with Crippen LogP contribution in [0.15, 0.2) is 24.3 Å². The van der Waals surface area contributed by atoms with E-state index in [0.717, 1.165) is 5.56 Å². The number of methoxy groups -OCH3 is 1. The number of esters is 1. The third-order valence-electron chi connectivity index (χ3n) is 2.63. The van der Waals surface area contributed by atoms with Crippen molar-refractivity contribution in [1.29, 1.82) is 0 Å². The smallest absolute Gasteiger partial charge is 0.326 e. The zero-order valence-electron chi connectivity index (χ0n) is 9.71. The molecule has 0 aromatic heterocycles.